The van der Waals surface area contributed by atoms with E-state index in [0.717, 1.165) is 12.8 Å². The summed E-state index contributed by atoms with van der Waals surface area (Å²) in [5.41, 5.74) is 0. The van der Waals surface area contributed by atoms with Crippen molar-refractivity contribution in [3.63, 3.8) is 0 Å². The third kappa shape index (κ3) is 1.40. The van der Waals surface area contributed by atoms with Gasteiger partial charge >= 0.3 is 0 Å². The number of rotatable bonds is 1. The van der Waals surface area contributed by atoms with Crippen LogP contribution in [-0.4, -0.2) is 11.2 Å². The number of hydrogen-bond donors (Lipinski definition) is 1. The van der Waals surface area contributed by atoms with Crippen LogP contribution in [0.25, 0.3) is 0 Å². The van der Waals surface area contributed by atoms with Crippen LogP contribution in [0.4, 0.5) is 0 Å². The molecule has 0 aromatic carbocycles. The van der Waals surface area contributed by atoms with Crippen LogP contribution in [0.2, 0.25) is 0 Å². The summed E-state index contributed by atoms with van der Waals surface area (Å²) < 4.78 is 0. The van der Waals surface area contributed by atoms with Gasteiger partial charge in [0, 0.05) is 0 Å². The second kappa shape index (κ2) is 3.20. The molecule has 1 rings (SSSR count). The second-order valence-corrected chi connectivity index (χ2v) is 3.26. The number of aliphatic hydroxyl groups is 1. The Morgan fingerprint density at radius 1 is 1.50 bits per heavy atom. The van der Waals surface area contributed by atoms with Gasteiger partial charge in [0.05, 0.1) is 6.10 Å². The lowest BCUT2D eigenvalue weighted by molar-refractivity contribution is 0.0571. The molecule has 1 heteroatoms. The fraction of sp³-hybridized carbons (Fsp3) is 0.778. The van der Waals surface area contributed by atoms with E-state index in [9.17, 15) is 5.11 Å². The molecule has 0 aromatic heterocycles. The van der Waals surface area contributed by atoms with E-state index >= 15 is 0 Å². The van der Waals surface area contributed by atoms with Crippen LogP contribution < -0.4 is 0 Å². The average Bonchev–Trinajstić information content (AvgIpc) is 1.95. The molecule has 0 aliphatic heterocycles. The highest BCUT2D eigenvalue weighted by Gasteiger charge is 2.25. The van der Waals surface area contributed by atoms with Crippen molar-refractivity contribution in [1.29, 1.82) is 0 Å². The van der Waals surface area contributed by atoms with Gasteiger partial charge in [0.15, 0.2) is 0 Å². The highest BCUT2D eigenvalue weighted by atomic mass is 16.3. The van der Waals surface area contributed by atoms with Gasteiger partial charge < -0.3 is 5.11 Å². The van der Waals surface area contributed by atoms with Crippen LogP contribution in [-0.2, 0) is 0 Å². The summed E-state index contributed by atoms with van der Waals surface area (Å²) >= 11 is 0. The Bertz CT molecular complexity index is 120. The van der Waals surface area contributed by atoms with E-state index in [1.54, 1.807) is 0 Å². The van der Waals surface area contributed by atoms with E-state index < -0.39 is 0 Å². The van der Waals surface area contributed by atoms with Crippen molar-refractivity contribution < 1.29 is 5.11 Å². The molecule has 3 unspecified atom stereocenters. The van der Waals surface area contributed by atoms with Gasteiger partial charge in [0.2, 0.25) is 0 Å². The third-order valence-electron chi connectivity index (χ3n) is 2.62. The molecule has 1 nitrogen and oxygen atoms in total. The van der Waals surface area contributed by atoms with Gasteiger partial charge in [-0.05, 0) is 24.7 Å². The number of aliphatic hydroxyl groups excluding tert-OH is 1. The molecule has 0 saturated heterocycles. The molecule has 0 amide bonds. The quantitative estimate of drug-likeness (QED) is 0.552. The zero-order chi connectivity index (χ0) is 7.56. The van der Waals surface area contributed by atoms with Gasteiger partial charge in [-0.1, -0.05) is 19.4 Å². The van der Waals surface area contributed by atoms with Crippen molar-refractivity contribution >= 4 is 0 Å². The number of allylic oxidation sites excluding steroid dienone is 1. The summed E-state index contributed by atoms with van der Waals surface area (Å²) in [5.74, 6) is 0.968. The van der Waals surface area contributed by atoms with Crippen LogP contribution >= 0.6 is 0 Å². The molecular weight excluding hydrogens is 124 g/mol. The van der Waals surface area contributed by atoms with E-state index in [1.165, 1.54) is 6.42 Å². The summed E-state index contributed by atoms with van der Waals surface area (Å²) in [6.45, 7) is 5.87. The number of hydrogen-bond acceptors (Lipinski definition) is 1. The SMILES string of the molecule is C=CC1CCCC(O)C1C. The first-order valence-electron chi connectivity index (χ1n) is 4.06. The smallest absolute Gasteiger partial charge is 0.0571 e. The summed E-state index contributed by atoms with van der Waals surface area (Å²) in [4.78, 5) is 0. The zero-order valence-corrected chi connectivity index (χ0v) is 6.59. The van der Waals surface area contributed by atoms with Crippen molar-refractivity contribution in [3.8, 4) is 0 Å². The summed E-state index contributed by atoms with van der Waals surface area (Å²) in [6, 6.07) is 0. The molecule has 0 heterocycles. The molecule has 0 aromatic rings. The molecule has 3 atom stereocenters. The molecule has 10 heavy (non-hydrogen) atoms. The molecule has 1 aliphatic rings. The van der Waals surface area contributed by atoms with Crippen LogP contribution in [0, 0.1) is 11.8 Å². The highest BCUT2D eigenvalue weighted by molar-refractivity contribution is 4.89. The lowest BCUT2D eigenvalue weighted by Gasteiger charge is -2.30. The Labute approximate surface area is 62.8 Å². The second-order valence-electron chi connectivity index (χ2n) is 3.26. The van der Waals surface area contributed by atoms with Gasteiger partial charge in [0.1, 0.15) is 0 Å². The van der Waals surface area contributed by atoms with Crippen molar-refractivity contribution in [2.75, 3.05) is 0 Å². The molecule has 1 saturated carbocycles. The highest BCUT2D eigenvalue weighted by Crippen LogP contribution is 2.30. The summed E-state index contributed by atoms with van der Waals surface area (Å²) in [6.07, 6.45) is 5.24. The maximum absolute atomic E-state index is 9.43. The predicted octanol–water partition coefficient (Wildman–Crippen LogP) is 1.97. The maximum Gasteiger partial charge on any atom is 0.0571 e. The Kier molecular flexibility index (Phi) is 2.50. The third-order valence-corrected chi connectivity index (χ3v) is 2.62. The van der Waals surface area contributed by atoms with Gasteiger partial charge in [0.25, 0.3) is 0 Å². The maximum atomic E-state index is 9.43. The molecule has 1 fully saturated rings. The predicted molar refractivity (Wildman–Crippen MR) is 42.7 cm³/mol. The van der Waals surface area contributed by atoms with E-state index in [4.69, 9.17) is 0 Å². The summed E-state index contributed by atoms with van der Waals surface area (Å²) in [5, 5.41) is 9.43. The van der Waals surface area contributed by atoms with E-state index in [2.05, 4.69) is 13.5 Å². The van der Waals surface area contributed by atoms with E-state index in [0.29, 0.717) is 11.8 Å². The van der Waals surface area contributed by atoms with Gasteiger partial charge in [-0.3, -0.25) is 0 Å². The first-order valence-corrected chi connectivity index (χ1v) is 4.06. The van der Waals surface area contributed by atoms with Crippen LogP contribution in [0.5, 0.6) is 0 Å². The van der Waals surface area contributed by atoms with Crippen molar-refractivity contribution in [2.24, 2.45) is 11.8 Å². The lowest BCUT2D eigenvalue weighted by atomic mass is 9.79. The molecule has 1 aliphatic carbocycles. The molecule has 0 bridgehead atoms. The molecular formula is C9H16O. The van der Waals surface area contributed by atoms with Crippen LogP contribution in [0.15, 0.2) is 12.7 Å². The average molecular weight is 140 g/mol. The molecule has 0 radical (unpaired) electrons. The molecule has 1 N–H and O–H groups in total. The molecule has 0 spiro atoms. The Morgan fingerprint density at radius 3 is 2.70 bits per heavy atom. The van der Waals surface area contributed by atoms with Crippen LogP contribution in [0.1, 0.15) is 26.2 Å². The summed E-state index contributed by atoms with van der Waals surface area (Å²) in [7, 11) is 0. The van der Waals surface area contributed by atoms with E-state index in [-0.39, 0.29) is 6.10 Å². The normalized spacial score (nSPS) is 41.2. The largest absolute Gasteiger partial charge is 0.393 e. The standard InChI is InChI=1S/C9H16O/c1-3-8-5-4-6-9(10)7(8)2/h3,7-10H,1,4-6H2,2H3. The zero-order valence-electron chi connectivity index (χ0n) is 6.59. The first kappa shape index (κ1) is 7.80. The minimum Gasteiger partial charge on any atom is -0.393 e. The minimum absolute atomic E-state index is 0.0863. The Balaban J connectivity index is 2.50. The lowest BCUT2D eigenvalue weighted by Crippen LogP contribution is -2.28. The van der Waals surface area contributed by atoms with Crippen molar-refractivity contribution in [1.82, 2.24) is 0 Å². The van der Waals surface area contributed by atoms with Crippen molar-refractivity contribution in [2.45, 2.75) is 32.3 Å². The van der Waals surface area contributed by atoms with Crippen molar-refractivity contribution in [3.05, 3.63) is 12.7 Å². The van der Waals surface area contributed by atoms with Gasteiger partial charge in [-0.15, -0.1) is 6.58 Å². The first-order chi connectivity index (χ1) is 4.75. The van der Waals surface area contributed by atoms with Crippen LogP contribution in [0.3, 0.4) is 0 Å². The van der Waals surface area contributed by atoms with Gasteiger partial charge in [-0.25, -0.2) is 0 Å². The fourth-order valence-electron chi connectivity index (χ4n) is 1.71. The minimum atomic E-state index is -0.0863. The molecule has 58 valence electrons. The Morgan fingerprint density at radius 2 is 2.20 bits per heavy atom. The fourth-order valence-corrected chi connectivity index (χ4v) is 1.71. The van der Waals surface area contributed by atoms with E-state index in [1.807, 2.05) is 6.08 Å². The Hall–Kier alpha value is -0.300. The van der Waals surface area contributed by atoms with Gasteiger partial charge in [-0.2, -0.15) is 0 Å². The monoisotopic (exact) mass is 140 g/mol. The topological polar surface area (TPSA) is 20.2 Å².